The molecule has 0 fully saturated rings. The van der Waals surface area contributed by atoms with E-state index in [0.717, 1.165) is 0 Å². The van der Waals surface area contributed by atoms with Gasteiger partial charge in [0.25, 0.3) is 0 Å². The van der Waals surface area contributed by atoms with Crippen molar-refractivity contribution < 1.29 is 18.9 Å². The predicted molar refractivity (Wildman–Crippen MR) is 66.4 cm³/mol. The highest BCUT2D eigenvalue weighted by Gasteiger charge is 2.32. The molecule has 0 amide bonds. The van der Waals surface area contributed by atoms with Crippen molar-refractivity contribution in [3.63, 3.8) is 0 Å². The topological polar surface area (TPSA) is 66.8 Å². The minimum atomic E-state index is -4.46. The van der Waals surface area contributed by atoms with Crippen molar-refractivity contribution in [1.82, 2.24) is 0 Å². The summed E-state index contributed by atoms with van der Waals surface area (Å²) in [5.41, 5.74) is -0.595. The van der Waals surface area contributed by atoms with Gasteiger partial charge in [0.15, 0.2) is 0 Å². The molecule has 0 bridgehead atoms. The highest BCUT2D eigenvalue weighted by atomic mass is 35.5. The summed E-state index contributed by atoms with van der Waals surface area (Å²) in [7, 11) is -4.46. The van der Waals surface area contributed by atoms with E-state index in [0.29, 0.717) is 6.42 Å². The number of alkyl halides is 3. The van der Waals surface area contributed by atoms with E-state index in [2.05, 4.69) is 4.52 Å². The smallest absolute Gasteiger partial charge is 0.303 e. The second-order valence-electron chi connectivity index (χ2n) is 4.21. The Morgan fingerprint density at radius 3 is 2.25 bits per heavy atom. The lowest BCUT2D eigenvalue weighted by Gasteiger charge is -2.30. The minimum Gasteiger partial charge on any atom is -0.303 e. The fourth-order valence-corrected chi connectivity index (χ4v) is 2.12. The van der Waals surface area contributed by atoms with Gasteiger partial charge in [-0.25, -0.2) is 4.57 Å². The number of hydrogen-bond donors (Lipinski definition) is 2. The SMILES string of the molecule is CC(C)(COP(=O)(O)O)C(Cl)CC(Cl)CCl. The quantitative estimate of drug-likeness (QED) is 0.560. The minimum absolute atomic E-state index is 0.142. The third kappa shape index (κ3) is 7.33. The third-order valence-electron chi connectivity index (χ3n) is 2.08. The summed E-state index contributed by atoms with van der Waals surface area (Å²) >= 11 is 17.5. The summed E-state index contributed by atoms with van der Waals surface area (Å²) in [6, 6.07) is 0. The van der Waals surface area contributed by atoms with Gasteiger partial charge in [0.05, 0.1) is 6.61 Å². The van der Waals surface area contributed by atoms with Crippen molar-refractivity contribution in [2.75, 3.05) is 12.5 Å². The van der Waals surface area contributed by atoms with E-state index in [1.165, 1.54) is 0 Å². The van der Waals surface area contributed by atoms with Gasteiger partial charge in [-0.3, -0.25) is 4.52 Å². The van der Waals surface area contributed by atoms with E-state index >= 15 is 0 Å². The molecular weight excluding hydrogens is 297 g/mol. The molecule has 0 heterocycles. The molecule has 2 N–H and O–H groups in total. The standard InChI is InChI=1S/C8H16Cl3O4P/c1-8(2,5-15-16(12,13)14)7(11)3-6(10)4-9/h6-7H,3-5H2,1-2H3,(H2,12,13,14). The van der Waals surface area contributed by atoms with Gasteiger partial charge in [0.2, 0.25) is 0 Å². The number of phosphoric acid groups is 1. The molecule has 0 aliphatic rings. The van der Waals surface area contributed by atoms with E-state index < -0.39 is 13.2 Å². The van der Waals surface area contributed by atoms with Crippen LogP contribution < -0.4 is 0 Å². The zero-order chi connectivity index (χ0) is 13.0. The van der Waals surface area contributed by atoms with Crippen LogP contribution >= 0.6 is 42.6 Å². The number of rotatable bonds is 7. The van der Waals surface area contributed by atoms with Crippen LogP contribution in [0.25, 0.3) is 0 Å². The van der Waals surface area contributed by atoms with Crippen molar-refractivity contribution in [2.24, 2.45) is 5.41 Å². The van der Waals surface area contributed by atoms with E-state index in [1.54, 1.807) is 13.8 Å². The van der Waals surface area contributed by atoms with Crippen LogP contribution in [0.4, 0.5) is 0 Å². The Labute approximate surface area is 110 Å². The second kappa shape index (κ2) is 6.79. The molecule has 0 aromatic carbocycles. The Bertz CT molecular complexity index is 256. The molecule has 2 atom stereocenters. The Balaban J connectivity index is 4.25. The van der Waals surface area contributed by atoms with Gasteiger partial charge < -0.3 is 9.79 Å². The summed E-state index contributed by atoms with van der Waals surface area (Å²) in [6.07, 6.45) is 0.449. The van der Waals surface area contributed by atoms with Gasteiger partial charge in [-0.1, -0.05) is 13.8 Å². The fraction of sp³-hybridized carbons (Fsp3) is 1.00. The summed E-state index contributed by atoms with van der Waals surface area (Å²) in [5.74, 6) is 0.278. The van der Waals surface area contributed by atoms with Gasteiger partial charge in [0, 0.05) is 22.0 Å². The maximum Gasteiger partial charge on any atom is 0.469 e. The molecule has 0 radical (unpaired) electrons. The first kappa shape index (κ1) is 17.0. The normalized spacial score (nSPS) is 17.2. The summed E-state index contributed by atoms with van der Waals surface area (Å²) in [6.45, 7) is 3.35. The molecule has 98 valence electrons. The van der Waals surface area contributed by atoms with Crippen LogP contribution in [0.1, 0.15) is 20.3 Å². The third-order valence-corrected chi connectivity index (χ3v) is 4.18. The van der Waals surface area contributed by atoms with Crippen LogP contribution in [0.15, 0.2) is 0 Å². The maximum absolute atomic E-state index is 10.6. The van der Waals surface area contributed by atoms with Crippen molar-refractivity contribution in [2.45, 2.75) is 31.0 Å². The average molecular weight is 314 g/mol. The van der Waals surface area contributed by atoms with E-state index in [9.17, 15) is 4.57 Å². The van der Waals surface area contributed by atoms with Gasteiger partial charge in [-0.2, -0.15) is 0 Å². The Kier molecular flexibility index (Phi) is 7.21. The zero-order valence-electron chi connectivity index (χ0n) is 9.07. The molecule has 0 aliphatic heterocycles. The predicted octanol–water partition coefficient (Wildman–Crippen LogP) is 2.97. The molecule has 2 unspecified atom stereocenters. The van der Waals surface area contributed by atoms with Gasteiger partial charge >= 0.3 is 7.82 Å². The van der Waals surface area contributed by atoms with Crippen molar-refractivity contribution >= 4 is 42.6 Å². The van der Waals surface area contributed by atoms with Crippen LogP contribution in [0, 0.1) is 5.41 Å². The molecule has 0 saturated heterocycles. The fourth-order valence-electron chi connectivity index (χ4n) is 0.947. The Hall–Kier alpha value is 0.980. The van der Waals surface area contributed by atoms with Crippen LogP contribution in [-0.4, -0.2) is 33.0 Å². The first-order valence-electron chi connectivity index (χ1n) is 4.62. The van der Waals surface area contributed by atoms with Crippen LogP contribution in [0.5, 0.6) is 0 Å². The molecule has 4 nitrogen and oxygen atoms in total. The summed E-state index contributed by atoms with van der Waals surface area (Å²) < 4.78 is 15.0. The number of halogens is 3. The Morgan fingerprint density at radius 1 is 1.38 bits per heavy atom. The highest BCUT2D eigenvalue weighted by molar-refractivity contribution is 7.46. The largest absolute Gasteiger partial charge is 0.469 e. The van der Waals surface area contributed by atoms with Crippen LogP contribution in [0.3, 0.4) is 0 Å². The molecule has 8 heteroatoms. The lowest BCUT2D eigenvalue weighted by Crippen LogP contribution is -2.32. The molecule has 16 heavy (non-hydrogen) atoms. The zero-order valence-corrected chi connectivity index (χ0v) is 12.2. The molecule has 0 aromatic heterocycles. The van der Waals surface area contributed by atoms with Crippen molar-refractivity contribution in [3.05, 3.63) is 0 Å². The highest BCUT2D eigenvalue weighted by Crippen LogP contribution is 2.40. The lowest BCUT2D eigenvalue weighted by atomic mass is 9.88. The van der Waals surface area contributed by atoms with Gasteiger partial charge in [-0.15, -0.1) is 34.8 Å². The number of phosphoric ester groups is 1. The van der Waals surface area contributed by atoms with Gasteiger partial charge in [0.1, 0.15) is 0 Å². The van der Waals surface area contributed by atoms with Crippen LogP contribution in [0.2, 0.25) is 0 Å². The van der Waals surface area contributed by atoms with Crippen LogP contribution in [-0.2, 0) is 9.09 Å². The molecule has 0 aliphatic carbocycles. The monoisotopic (exact) mass is 312 g/mol. The number of hydrogen-bond acceptors (Lipinski definition) is 2. The van der Waals surface area contributed by atoms with E-state index in [1.807, 2.05) is 0 Å². The first-order chi connectivity index (χ1) is 7.08. The maximum atomic E-state index is 10.6. The van der Waals surface area contributed by atoms with E-state index in [-0.39, 0.29) is 23.2 Å². The lowest BCUT2D eigenvalue weighted by molar-refractivity contribution is 0.124. The molecule has 0 rings (SSSR count). The second-order valence-corrected chi connectivity index (χ2v) is 6.90. The average Bonchev–Trinajstić information content (AvgIpc) is 2.13. The first-order valence-corrected chi connectivity index (χ1v) is 7.56. The molecule has 0 saturated carbocycles. The summed E-state index contributed by atoms with van der Waals surface area (Å²) in [4.78, 5) is 17.2. The molecule has 0 aromatic rings. The molecular formula is C8H16Cl3O4P. The van der Waals surface area contributed by atoms with E-state index in [4.69, 9.17) is 44.6 Å². The Morgan fingerprint density at radius 2 is 1.88 bits per heavy atom. The van der Waals surface area contributed by atoms with Crippen molar-refractivity contribution in [3.8, 4) is 0 Å². The summed E-state index contributed by atoms with van der Waals surface area (Å²) in [5, 5.41) is -0.640. The molecule has 0 spiro atoms. The van der Waals surface area contributed by atoms with Crippen molar-refractivity contribution in [1.29, 1.82) is 0 Å². The van der Waals surface area contributed by atoms with Gasteiger partial charge in [-0.05, 0) is 6.42 Å².